The fraction of sp³-hybridized carbons (Fsp3) is 0.625. The van der Waals surface area contributed by atoms with E-state index in [1.807, 2.05) is 0 Å². The average Bonchev–Trinajstić information content (AvgIpc) is 2.37. The van der Waals surface area contributed by atoms with Crippen molar-refractivity contribution in [3.8, 4) is 0 Å². The van der Waals surface area contributed by atoms with Gasteiger partial charge in [-0.25, -0.2) is 4.39 Å². The van der Waals surface area contributed by atoms with E-state index < -0.39 is 0 Å². The zero-order valence-electron chi connectivity index (χ0n) is 11.7. The predicted molar refractivity (Wildman–Crippen MR) is 78.8 cm³/mol. The SMILES string of the molecule is CC1CCC(C(N)Cc2c(F)cccc2Cl)CC1C. The molecule has 0 spiro atoms. The van der Waals surface area contributed by atoms with Gasteiger partial charge in [0.15, 0.2) is 0 Å². The van der Waals surface area contributed by atoms with Crippen LogP contribution >= 0.6 is 11.6 Å². The Labute approximate surface area is 120 Å². The molecule has 1 fully saturated rings. The highest BCUT2D eigenvalue weighted by molar-refractivity contribution is 6.31. The Balaban J connectivity index is 2.03. The first-order valence-electron chi connectivity index (χ1n) is 7.17. The normalized spacial score (nSPS) is 29.2. The van der Waals surface area contributed by atoms with E-state index in [-0.39, 0.29) is 11.9 Å². The molecule has 0 bridgehead atoms. The summed E-state index contributed by atoms with van der Waals surface area (Å²) >= 11 is 6.07. The van der Waals surface area contributed by atoms with Gasteiger partial charge in [-0.2, -0.15) is 0 Å². The zero-order chi connectivity index (χ0) is 14.0. The van der Waals surface area contributed by atoms with Crippen molar-refractivity contribution >= 4 is 11.6 Å². The van der Waals surface area contributed by atoms with Gasteiger partial charge in [-0.1, -0.05) is 37.9 Å². The molecule has 4 atom stereocenters. The number of hydrogen-bond donors (Lipinski definition) is 1. The van der Waals surface area contributed by atoms with Crippen molar-refractivity contribution in [3.05, 3.63) is 34.6 Å². The van der Waals surface area contributed by atoms with Crippen molar-refractivity contribution in [1.29, 1.82) is 0 Å². The van der Waals surface area contributed by atoms with E-state index in [1.165, 1.54) is 12.5 Å². The molecule has 0 aromatic heterocycles. The molecule has 0 radical (unpaired) electrons. The van der Waals surface area contributed by atoms with Crippen molar-refractivity contribution in [3.63, 3.8) is 0 Å². The summed E-state index contributed by atoms with van der Waals surface area (Å²) < 4.78 is 13.8. The molecule has 0 heterocycles. The Morgan fingerprint density at radius 1 is 1.32 bits per heavy atom. The van der Waals surface area contributed by atoms with Crippen molar-refractivity contribution < 1.29 is 4.39 Å². The lowest BCUT2D eigenvalue weighted by atomic mass is 9.72. The van der Waals surface area contributed by atoms with Crippen molar-refractivity contribution in [2.24, 2.45) is 23.5 Å². The Kier molecular flexibility index (Phi) is 4.86. The molecule has 0 amide bonds. The topological polar surface area (TPSA) is 26.0 Å². The second-order valence-electron chi connectivity index (χ2n) is 6.10. The molecule has 19 heavy (non-hydrogen) atoms. The van der Waals surface area contributed by atoms with Crippen LogP contribution in [0.25, 0.3) is 0 Å². The fourth-order valence-corrected chi connectivity index (χ4v) is 3.35. The Hall–Kier alpha value is -0.600. The van der Waals surface area contributed by atoms with Crippen molar-refractivity contribution in [2.45, 2.75) is 45.6 Å². The van der Waals surface area contributed by atoms with Crippen LogP contribution in [-0.4, -0.2) is 6.04 Å². The maximum absolute atomic E-state index is 13.8. The summed E-state index contributed by atoms with van der Waals surface area (Å²) in [5.74, 6) is 1.74. The average molecular weight is 284 g/mol. The van der Waals surface area contributed by atoms with E-state index in [4.69, 9.17) is 17.3 Å². The molecule has 106 valence electrons. The van der Waals surface area contributed by atoms with E-state index >= 15 is 0 Å². The first-order chi connectivity index (χ1) is 8.99. The van der Waals surface area contributed by atoms with Crippen LogP contribution in [0.4, 0.5) is 4.39 Å². The number of benzene rings is 1. The van der Waals surface area contributed by atoms with Gasteiger partial charge in [-0.15, -0.1) is 0 Å². The van der Waals surface area contributed by atoms with Gasteiger partial charge in [0, 0.05) is 16.6 Å². The van der Waals surface area contributed by atoms with Gasteiger partial charge in [0.25, 0.3) is 0 Å². The van der Waals surface area contributed by atoms with Crippen LogP contribution in [0, 0.1) is 23.6 Å². The van der Waals surface area contributed by atoms with Gasteiger partial charge in [0.2, 0.25) is 0 Å². The molecule has 3 heteroatoms. The molecular formula is C16H23ClFN. The van der Waals surface area contributed by atoms with Crippen LogP contribution in [0.3, 0.4) is 0 Å². The van der Waals surface area contributed by atoms with Gasteiger partial charge in [-0.3, -0.25) is 0 Å². The van der Waals surface area contributed by atoms with Crippen molar-refractivity contribution in [2.75, 3.05) is 0 Å². The highest BCUT2D eigenvalue weighted by Gasteiger charge is 2.29. The van der Waals surface area contributed by atoms with Crippen LogP contribution < -0.4 is 5.73 Å². The summed E-state index contributed by atoms with van der Waals surface area (Å²) in [5, 5.41) is 0.493. The molecule has 1 saturated carbocycles. The lowest BCUT2D eigenvalue weighted by molar-refractivity contribution is 0.184. The predicted octanol–water partition coefficient (Wildman–Crippen LogP) is 4.42. The van der Waals surface area contributed by atoms with Gasteiger partial charge < -0.3 is 5.73 Å². The van der Waals surface area contributed by atoms with Crippen LogP contribution in [0.2, 0.25) is 5.02 Å². The van der Waals surface area contributed by atoms with Gasteiger partial charge in [0.05, 0.1) is 0 Å². The number of halogens is 2. The van der Waals surface area contributed by atoms with Gasteiger partial charge in [0.1, 0.15) is 5.82 Å². The maximum atomic E-state index is 13.8. The molecule has 1 nitrogen and oxygen atoms in total. The number of hydrogen-bond acceptors (Lipinski definition) is 1. The van der Waals surface area contributed by atoms with Crippen LogP contribution in [0.5, 0.6) is 0 Å². The summed E-state index contributed by atoms with van der Waals surface area (Å²) in [6.07, 6.45) is 4.06. The molecule has 1 aliphatic carbocycles. The fourth-order valence-electron chi connectivity index (χ4n) is 3.11. The van der Waals surface area contributed by atoms with E-state index in [0.29, 0.717) is 28.8 Å². The lowest BCUT2D eigenvalue weighted by Crippen LogP contribution is -2.37. The molecule has 0 saturated heterocycles. The second-order valence-corrected chi connectivity index (χ2v) is 6.50. The van der Waals surface area contributed by atoms with Crippen LogP contribution in [0.15, 0.2) is 18.2 Å². The third-order valence-electron chi connectivity index (χ3n) is 4.75. The molecule has 0 aliphatic heterocycles. The minimum Gasteiger partial charge on any atom is -0.327 e. The van der Waals surface area contributed by atoms with E-state index in [1.54, 1.807) is 12.1 Å². The van der Waals surface area contributed by atoms with Crippen molar-refractivity contribution in [1.82, 2.24) is 0 Å². The van der Waals surface area contributed by atoms with E-state index in [2.05, 4.69) is 13.8 Å². The molecule has 2 rings (SSSR count). The molecule has 1 aromatic carbocycles. The summed E-state index contributed by atoms with van der Waals surface area (Å²) in [6, 6.07) is 4.83. The Morgan fingerprint density at radius 3 is 2.68 bits per heavy atom. The summed E-state index contributed by atoms with van der Waals surface area (Å²) in [6.45, 7) is 4.60. The maximum Gasteiger partial charge on any atom is 0.127 e. The number of nitrogens with two attached hydrogens (primary N) is 1. The first-order valence-corrected chi connectivity index (χ1v) is 7.55. The first kappa shape index (κ1) is 14.8. The standard InChI is InChI=1S/C16H23ClFN/c1-10-6-7-12(8-11(10)2)16(19)9-13-14(17)4-3-5-15(13)18/h3-5,10-12,16H,6-9,19H2,1-2H3. The quantitative estimate of drug-likeness (QED) is 0.873. The molecule has 1 aromatic rings. The second kappa shape index (κ2) is 6.23. The lowest BCUT2D eigenvalue weighted by Gasteiger charge is -2.35. The minimum absolute atomic E-state index is 0.00403. The molecule has 2 N–H and O–H groups in total. The molecule has 4 unspecified atom stereocenters. The largest absolute Gasteiger partial charge is 0.327 e. The van der Waals surface area contributed by atoms with E-state index in [0.717, 1.165) is 18.8 Å². The summed E-state index contributed by atoms with van der Waals surface area (Å²) in [4.78, 5) is 0. The summed E-state index contributed by atoms with van der Waals surface area (Å²) in [5.41, 5.74) is 6.87. The third kappa shape index (κ3) is 3.49. The Bertz CT molecular complexity index is 415. The molecule has 1 aliphatic rings. The van der Waals surface area contributed by atoms with Gasteiger partial charge in [-0.05, 0) is 49.1 Å². The summed E-state index contributed by atoms with van der Waals surface area (Å²) in [7, 11) is 0. The molecular weight excluding hydrogens is 261 g/mol. The third-order valence-corrected chi connectivity index (χ3v) is 5.10. The van der Waals surface area contributed by atoms with Crippen LogP contribution in [-0.2, 0) is 6.42 Å². The smallest absolute Gasteiger partial charge is 0.127 e. The highest BCUT2D eigenvalue weighted by atomic mass is 35.5. The monoisotopic (exact) mass is 283 g/mol. The Morgan fingerprint density at radius 2 is 2.05 bits per heavy atom. The highest BCUT2D eigenvalue weighted by Crippen LogP contribution is 2.35. The zero-order valence-corrected chi connectivity index (χ0v) is 12.5. The van der Waals surface area contributed by atoms with Gasteiger partial charge >= 0.3 is 0 Å². The van der Waals surface area contributed by atoms with E-state index in [9.17, 15) is 4.39 Å². The minimum atomic E-state index is -0.236. The van der Waals surface area contributed by atoms with Crippen LogP contribution in [0.1, 0.15) is 38.7 Å². The number of rotatable bonds is 3.